The number of aryl methyl sites for hydroxylation is 1. The summed E-state index contributed by atoms with van der Waals surface area (Å²) in [6.07, 6.45) is 0. The van der Waals surface area contributed by atoms with E-state index in [0.29, 0.717) is 0 Å². The first-order chi connectivity index (χ1) is 8.82. The van der Waals surface area contributed by atoms with Crippen molar-refractivity contribution in [2.24, 2.45) is 0 Å². The molecule has 0 radical (unpaired) electrons. The molecule has 0 bridgehead atoms. The van der Waals surface area contributed by atoms with Gasteiger partial charge in [-0.05, 0) is 44.9 Å². The van der Waals surface area contributed by atoms with Crippen LogP contribution >= 0.6 is 0 Å². The largest absolute Gasteiger partial charge is 0.352 e. The molecule has 4 heteroatoms. The van der Waals surface area contributed by atoms with Crippen LogP contribution in [0.3, 0.4) is 0 Å². The Labute approximate surface area is 114 Å². The van der Waals surface area contributed by atoms with Crippen molar-refractivity contribution < 1.29 is 9.59 Å². The molecule has 1 rings (SSSR count). The first kappa shape index (κ1) is 15.2. The third kappa shape index (κ3) is 4.09. The quantitative estimate of drug-likeness (QED) is 0.904. The van der Waals surface area contributed by atoms with Crippen LogP contribution in [0.5, 0.6) is 0 Å². The molecule has 4 nitrogen and oxygen atoms in total. The molecule has 0 fully saturated rings. The summed E-state index contributed by atoms with van der Waals surface area (Å²) in [7, 11) is 0. The second kappa shape index (κ2) is 6.36. The lowest BCUT2D eigenvalue weighted by Gasteiger charge is -2.24. The Morgan fingerprint density at radius 2 is 1.89 bits per heavy atom. The molecule has 0 spiro atoms. The maximum Gasteiger partial charge on any atom is 0.240 e. The Kier molecular flexibility index (Phi) is 5.10. The van der Waals surface area contributed by atoms with Gasteiger partial charge in [-0.1, -0.05) is 12.1 Å². The van der Waals surface area contributed by atoms with Crippen molar-refractivity contribution in [3.05, 3.63) is 29.3 Å². The summed E-state index contributed by atoms with van der Waals surface area (Å²) in [4.78, 5) is 25.1. The molecule has 0 aliphatic carbocycles. The number of rotatable bonds is 4. The first-order valence-corrected chi connectivity index (χ1v) is 6.46. The summed E-state index contributed by atoms with van der Waals surface area (Å²) in [6, 6.07) is 5.83. The number of benzene rings is 1. The average molecular weight is 262 g/mol. The Morgan fingerprint density at radius 3 is 2.42 bits per heavy atom. The van der Waals surface area contributed by atoms with Gasteiger partial charge in [0.05, 0.1) is 0 Å². The third-order valence-electron chi connectivity index (χ3n) is 3.00. The van der Waals surface area contributed by atoms with Gasteiger partial charge >= 0.3 is 0 Å². The van der Waals surface area contributed by atoms with E-state index in [-0.39, 0.29) is 24.4 Å². The minimum absolute atomic E-state index is 0.0534. The molecular weight excluding hydrogens is 240 g/mol. The Balaban J connectivity index is 2.98. The topological polar surface area (TPSA) is 49.4 Å². The average Bonchev–Trinajstić information content (AvgIpc) is 2.29. The summed E-state index contributed by atoms with van der Waals surface area (Å²) in [5, 5.41) is 2.80. The summed E-state index contributed by atoms with van der Waals surface area (Å²) in [6.45, 7) is 9.27. The predicted octanol–water partition coefficient (Wildman–Crippen LogP) is 2.18. The zero-order chi connectivity index (χ0) is 14.6. The smallest absolute Gasteiger partial charge is 0.240 e. The van der Waals surface area contributed by atoms with E-state index in [2.05, 4.69) is 5.32 Å². The maximum atomic E-state index is 11.8. The Hall–Kier alpha value is -1.84. The molecule has 1 aromatic rings. The van der Waals surface area contributed by atoms with E-state index in [1.54, 1.807) is 0 Å². The zero-order valence-electron chi connectivity index (χ0n) is 12.3. The Bertz CT molecular complexity index is 481. The van der Waals surface area contributed by atoms with Crippen molar-refractivity contribution in [3.8, 4) is 0 Å². The molecule has 0 aliphatic rings. The fraction of sp³-hybridized carbons (Fsp3) is 0.467. The number of hydrogen-bond donors (Lipinski definition) is 1. The van der Waals surface area contributed by atoms with Gasteiger partial charge in [0.1, 0.15) is 6.54 Å². The van der Waals surface area contributed by atoms with E-state index in [1.165, 1.54) is 11.8 Å². The highest BCUT2D eigenvalue weighted by Gasteiger charge is 2.18. The Morgan fingerprint density at radius 1 is 1.26 bits per heavy atom. The fourth-order valence-corrected chi connectivity index (χ4v) is 1.91. The van der Waals surface area contributed by atoms with E-state index in [9.17, 15) is 9.59 Å². The van der Waals surface area contributed by atoms with Crippen molar-refractivity contribution in [2.75, 3.05) is 11.4 Å². The molecule has 0 aromatic heterocycles. The van der Waals surface area contributed by atoms with Gasteiger partial charge in [0.2, 0.25) is 11.8 Å². The van der Waals surface area contributed by atoms with Gasteiger partial charge in [-0.3, -0.25) is 9.59 Å². The first-order valence-electron chi connectivity index (χ1n) is 6.46. The van der Waals surface area contributed by atoms with Crippen LogP contribution < -0.4 is 10.2 Å². The lowest BCUT2D eigenvalue weighted by Crippen LogP contribution is -2.42. The van der Waals surface area contributed by atoms with Crippen molar-refractivity contribution in [3.63, 3.8) is 0 Å². The van der Waals surface area contributed by atoms with Crippen LogP contribution in [0.2, 0.25) is 0 Å². The molecule has 0 heterocycles. The van der Waals surface area contributed by atoms with E-state index in [1.807, 2.05) is 45.9 Å². The molecule has 104 valence electrons. The standard InChI is InChI=1S/C15H22N2O2/c1-10(2)16-15(19)9-17(13(5)18)14-8-6-7-11(3)12(14)4/h6-8,10H,9H2,1-5H3,(H,16,19). The summed E-state index contributed by atoms with van der Waals surface area (Å²) < 4.78 is 0. The molecule has 0 saturated heterocycles. The second-order valence-corrected chi connectivity index (χ2v) is 5.05. The molecule has 0 saturated carbocycles. The van der Waals surface area contributed by atoms with Gasteiger partial charge in [0.25, 0.3) is 0 Å². The minimum Gasteiger partial charge on any atom is -0.352 e. The van der Waals surface area contributed by atoms with E-state index in [4.69, 9.17) is 0 Å². The fourth-order valence-electron chi connectivity index (χ4n) is 1.91. The predicted molar refractivity (Wildman–Crippen MR) is 77.2 cm³/mol. The molecule has 1 aromatic carbocycles. The number of carbonyl (C=O) groups is 2. The van der Waals surface area contributed by atoms with Gasteiger partial charge in [-0.25, -0.2) is 0 Å². The molecule has 19 heavy (non-hydrogen) atoms. The monoisotopic (exact) mass is 262 g/mol. The number of anilines is 1. The number of carbonyl (C=O) groups excluding carboxylic acids is 2. The van der Waals surface area contributed by atoms with Gasteiger partial charge in [0, 0.05) is 18.7 Å². The summed E-state index contributed by atoms with van der Waals surface area (Å²) >= 11 is 0. The number of nitrogens with zero attached hydrogens (tertiary/aromatic N) is 1. The van der Waals surface area contributed by atoms with E-state index in [0.717, 1.165) is 16.8 Å². The van der Waals surface area contributed by atoms with Crippen LogP contribution in [0.25, 0.3) is 0 Å². The number of amides is 2. The zero-order valence-corrected chi connectivity index (χ0v) is 12.3. The molecule has 1 N–H and O–H groups in total. The molecule has 0 unspecified atom stereocenters. The lowest BCUT2D eigenvalue weighted by molar-refractivity contribution is -0.123. The molecule has 0 aliphatic heterocycles. The maximum absolute atomic E-state index is 11.8. The number of hydrogen-bond acceptors (Lipinski definition) is 2. The van der Waals surface area contributed by atoms with Gasteiger partial charge in [-0.15, -0.1) is 0 Å². The summed E-state index contributed by atoms with van der Waals surface area (Å²) in [5.74, 6) is -0.279. The van der Waals surface area contributed by atoms with Crippen LogP contribution in [0.15, 0.2) is 18.2 Å². The molecular formula is C15H22N2O2. The van der Waals surface area contributed by atoms with Crippen molar-refractivity contribution in [1.82, 2.24) is 5.32 Å². The van der Waals surface area contributed by atoms with Crippen LogP contribution in [0, 0.1) is 13.8 Å². The van der Waals surface area contributed by atoms with Crippen LogP contribution in [0.1, 0.15) is 31.9 Å². The van der Waals surface area contributed by atoms with Gasteiger partial charge in [0.15, 0.2) is 0 Å². The normalized spacial score (nSPS) is 10.4. The highest BCUT2D eigenvalue weighted by Crippen LogP contribution is 2.22. The molecule has 0 atom stereocenters. The van der Waals surface area contributed by atoms with E-state index < -0.39 is 0 Å². The lowest BCUT2D eigenvalue weighted by atomic mass is 10.1. The SMILES string of the molecule is CC(=O)N(CC(=O)NC(C)C)c1cccc(C)c1C. The highest BCUT2D eigenvalue weighted by molar-refractivity contribution is 5.98. The summed E-state index contributed by atoms with van der Waals surface area (Å²) in [5.41, 5.74) is 2.93. The third-order valence-corrected chi connectivity index (χ3v) is 3.00. The second-order valence-electron chi connectivity index (χ2n) is 5.05. The number of nitrogens with one attached hydrogen (secondary N) is 1. The van der Waals surface area contributed by atoms with Crippen LogP contribution in [-0.2, 0) is 9.59 Å². The molecule has 2 amide bonds. The van der Waals surface area contributed by atoms with Gasteiger partial charge < -0.3 is 10.2 Å². The van der Waals surface area contributed by atoms with Crippen LogP contribution in [-0.4, -0.2) is 24.4 Å². The van der Waals surface area contributed by atoms with Crippen molar-refractivity contribution >= 4 is 17.5 Å². The van der Waals surface area contributed by atoms with E-state index >= 15 is 0 Å². The van der Waals surface area contributed by atoms with Crippen LogP contribution in [0.4, 0.5) is 5.69 Å². The van der Waals surface area contributed by atoms with Crippen molar-refractivity contribution in [1.29, 1.82) is 0 Å². The highest BCUT2D eigenvalue weighted by atomic mass is 16.2. The van der Waals surface area contributed by atoms with Crippen molar-refractivity contribution in [2.45, 2.75) is 40.7 Å². The van der Waals surface area contributed by atoms with Gasteiger partial charge in [-0.2, -0.15) is 0 Å². The minimum atomic E-state index is -0.147.